The van der Waals surface area contributed by atoms with E-state index >= 15 is 0 Å². The molecule has 0 saturated carbocycles. The summed E-state index contributed by atoms with van der Waals surface area (Å²) in [6.07, 6.45) is 20.3. The van der Waals surface area contributed by atoms with Crippen LogP contribution in [-0.4, -0.2) is 36.9 Å². The number of hydrogen-bond acceptors (Lipinski definition) is 5. The number of aromatic nitrogens is 3. The number of aryl methyl sites for hydroxylation is 1. The zero-order valence-electron chi connectivity index (χ0n) is 22.5. The predicted octanol–water partition coefficient (Wildman–Crippen LogP) is 7.59. The molecule has 38 heavy (non-hydrogen) atoms. The van der Waals surface area contributed by atoms with Gasteiger partial charge in [0.2, 0.25) is 5.13 Å². The Bertz CT molecular complexity index is 1240. The Morgan fingerprint density at radius 1 is 0.816 bits per heavy atom. The molecule has 0 unspecified atom stereocenters. The number of benzene rings is 1. The molecular formula is C29H41N3O5S. The van der Waals surface area contributed by atoms with Crippen molar-refractivity contribution in [3.05, 3.63) is 45.4 Å². The van der Waals surface area contributed by atoms with Crippen LogP contribution in [0.5, 0.6) is 0 Å². The summed E-state index contributed by atoms with van der Waals surface area (Å²) in [6, 6.07) is 4.00. The SMILES string of the molecule is CCCCCCCCCCCCCCCCCc1cc(=O)n(-c2nc3cc(C(=O)O)cc(C(=O)O)c3s2)[nH]1. The molecule has 2 aromatic heterocycles. The van der Waals surface area contributed by atoms with E-state index in [2.05, 4.69) is 17.0 Å². The third kappa shape index (κ3) is 8.82. The van der Waals surface area contributed by atoms with Crippen LogP contribution in [0.25, 0.3) is 15.3 Å². The van der Waals surface area contributed by atoms with E-state index in [-0.39, 0.29) is 27.3 Å². The molecule has 0 saturated heterocycles. The summed E-state index contributed by atoms with van der Waals surface area (Å²) in [4.78, 5) is 39.9. The maximum Gasteiger partial charge on any atom is 0.337 e. The molecule has 0 amide bonds. The number of carboxylic acids is 2. The molecule has 8 nitrogen and oxygen atoms in total. The Morgan fingerprint density at radius 2 is 1.37 bits per heavy atom. The van der Waals surface area contributed by atoms with Crippen LogP contribution in [-0.2, 0) is 6.42 Å². The van der Waals surface area contributed by atoms with Crippen molar-refractivity contribution in [1.29, 1.82) is 0 Å². The Balaban J connectivity index is 1.38. The fourth-order valence-corrected chi connectivity index (χ4v) is 5.82. The fourth-order valence-electron chi connectivity index (χ4n) is 4.80. The number of nitrogens with one attached hydrogen (secondary N) is 1. The second kappa shape index (κ2) is 15.5. The Hall–Kier alpha value is -2.94. The smallest absolute Gasteiger partial charge is 0.337 e. The quantitative estimate of drug-likeness (QED) is 0.134. The minimum Gasteiger partial charge on any atom is -0.478 e. The number of rotatable bonds is 19. The number of nitrogens with zero attached hydrogens (tertiary/aromatic N) is 2. The van der Waals surface area contributed by atoms with Gasteiger partial charge in [0.05, 0.1) is 21.3 Å². The van der Waals surface area contributed by atoms with Gasteiger partial charge in [-0.1, -0.05) is 108 Å². The van der Waals surface area contributed by atoms with Gasteiger partial charge in [0, 0.05) is 11.8 Å². The number of H-pyrrole nitrogens is 1. The summed E-state index contributed by atoms with van der Waals surface area (Å²) in [5, 5.41) is 22.1. The van der Waals surface area contributed by atoms with Gasteiger partial charge in [-0.2, -0.15) is 4.68 Å². The minimum atomic E-state index is -1.24. The molecule has 0 bridgehead atoms. The Morgan fingerprint density at radius 3 is 1.89 bits per heavy atom. The Labute approximate surface area is 228 Å². The van der Waals surface area contributed by atoms with E-state index in [1.807, 2.05) is 0 Å². The molecule has 0 aliphatic heterocycles. The number of thiazole rings is 1. The van der Waals surface area contributed by atoms with Gasteiger partial charge in [-0.05, 0) is 25.0 Å². The summed E-state index contributed by atoms with van der Waals surface area (Å²) in [5.41, 5.74) is 0.498. The van der Waals surface area contributed by atoms with Gasteiger partial charge in [0.25, 0.3) is 5.56 Å². The maximum absolute atomic E-state index is 12.6. The third-order valence-electron chi connectivity index (χ3n) is 6.97. The van der Waals surface area contributed by atoms with Crippen molar-refractivity contribution in [3.8, 4) is 5.13 Å². The highest BCUT2D eigenvalue weighted by atomic mass is 32.1. The van der Waals surface area contributed by atoms with Crippen molar-refractivity contribution in [2.75, 3.05) is 0 Å². The molecule has 1 aromatic carbocycles. The van der Waals surface area contributed by atoms with Gasteiger partial charge in [0.1, 0.15) is 0 Å². The molecule has 0 radical (unpaired) electrons. The Kier molecular flexibility index (Phi) is 12.1. The van der Waals surface area contributed by atoms with Crippen LogP contribution in [0.4, 0.5) is 0 Å². The van der Waals surface area contributed by atoms with Crippen LogP contribution in [0.15, 0.2) is 23.0 Å². The van der Waals surface area contributed by atoms with Crippen LogP contribution < -0.4 is 5.56 Å². The average molecular weight is 544 g/mol. The summed E-state index contributed by atoms with van der Waals surface area (Å²) >= 11 is 1.05. The summed E-state index contributed by atoms with van der Waals surface area (Å²) < 4.78 is 1.64. The van der Waals surface area contributed by atoms with Crippen LogP contribution in [0.3, 0.4) is 0 Å². The lowest BCUT2D eigenvalue weighted by Crippen LogP contribution is -2.12. The van der Waals surface area contributed by atoms with Crippen LogP contribution >= 0.6 is 11.3 Å². The molecule has 0 spiro atoms. The highest BCUT2D eigenvalue weighted by Crippen LogP contribution is 2.29. The lowest BCUT2D eigenvalue weighted by molar-refractivity contribution is 0.0696. The van der Waals surface area contributed by atoms with Crippen molar-refractivity contribution < 1.29 is 19.8 Å². The predicted molar refractivity (Wildman–Crippen MR) is 152 cm³/mol. The largest absolute Gasteiger partial charge is 0.478 e. The lowest BCUT2D eigenvalue weighted by Gasteiger charge is -2.03. The highest BCUT2D eigenvalue weighted by molar-refractivity contribution is 7.21. The zero-order chi connectivity index (χ0) is 27.3. The molecule has 3 aromatic rings. The van der Waals surface area contributed by atoms with Crippen molar-refractivity contribution >= 4 is 33.5 Å². The zero-order valence-corrected chi connectivity index (χ0v) is 23.3. The molecule has 0 aliphatic carbocycles. The molecule has 3 rings (SSSR count). The van der Waals surface area contributed by atoms with Gasteiger partial charge in [0.15, 0.2) is 0 Å². The molecule has 0 atom stereocenters. The normalized spacial score (nSPS) is 11.4. The van der Waals surface area contributed by atoms with Crippen molar-refractivity contribution in [3.63, 3.8) is 0 Å². The maximum atomic E-state index is 12.6. The highest BCUT2D eigenvalue weighted by Gasteiger charge is 2.19. The summed E-state index contributed by atoms with van der Waals surface area (Å²) in [5.74, 6) is -2.47. The third-order valence-corrected chi connectivity index (χ3v) is 8.06. The summed E-state index contributed by atoms with van der Waals surface area (Å²) in [6.45, 7) is 2.26. The molecule has 208 valence electrons. The lowest BCUT2D eigenvalue weighted by atomic mass is 10.0. The number of aromatic amines is 1. The van der Waals surface area contributed by atoms with Gasteiger partial charge < -0.3 is 10.2 Å². The second-order valence-corrected chi connectivity index (χ2v) is 11.1. The number of carbonyl (C=O) groups is 2. The first-order valence-corrected chi connectivity index (χ1v) is 14.9. The van der Waals surface area contributed by atoms with E-state index in [0.29, 0.717) is 4.70 Å². The van der Waals surface area contributed by atoms with E-state index in [1.54, 1.807) is 6.07 Å². The number of carboxylic acid groups (broad SMARTS) is 2. The minimum absolute atomic E-state index is 0.138. The molecular weight excluding hydrogens is 502 g/mol. The van der Waals surface area contributed by atoms with Crippen LogP contribution in [0.2, 0.25) is 0 Å². The van der Waals surface area contributed by atoms with Crippen LogP contribution in [0, 0.1) is 0 Å². The number of fused-ring (bicyclic) bond motifs is 1. The first-order chi connectivity index (χ1) is 18.4. The van der Waals surface area contributed by atoms with Gasteiger partial charge >= 0.3 is 11.9 Å². The standard InChI is InChI=1S/C29H41N3O5S/c1-2-3-4-5-6-7-8-9-10-11-12-13-14-15-16-17-22-20-25(33)32(31-22)29-30-24-19-21(27(34)35)18-23(28(36)37)26(24)38-29/h18-20,31H,2-17H2,1H3,(H,34,35)(H,36,37). The van der Waals surface area contributed by atoms with E-state index in [9.17, 15) is 24.6 Å². The molecule has 0 fully saturated rings. The van der Waals surface area contributed by atoms with Crippen LogP contribution in [0.1, 0.15) is 130 Å². The van der Waals surface area contributed by atoms with E-state index in [4.69, 9.17) is 0 Å². The fraction of sp³-hybridized carbons (Fsp3) is 0.586. The number of unbranched alkanes of at least 4 members (excludes halogenated alkanes) is 14. The monoisotopic (exact) mass is 543 g/mol. The second-order valence-electron chi connectivity index (χ2n) is 10.1. The first-order valence-electron chi connectivity index (χ1n) is 14.1. The molecule has 0 aliphatic rings. The van der Waals surface area contributed by atoms with Crippen molar-refractivity contribution in [2.45, 2.75) is 110 Å². The average Bonchev–Trinajstić information content (AvgIpc) is 3.48. The number of aromatic carboxylic acids is 2. The van der Waals surface area contributed by atoms with Crippen molar-refractivity contribution in [1.82, 2.24) is 14.8 Å². The first kappa shape index (κ1) is 29.6. The molecule has 3 N–H and O–H groups in total. The molecule has 2 heterocycles. The van der Waals surface area contributed by atoms with E-state index in [1.165, 1.54) is 94.2 Å². The molecule has 9 heteroatoms. The van der Waals surface area contributed by atoms with Gasteiger partial charge in [-0.25, -0.2) is 14.6 Å². The van der Waals surface area contributed by atoms with E-state index < -0.39 is 11.9 Å². The van der Waals surface area contributed by atoms with Gasteiger partial charge in [-0.15, -0.1) is 0 Å². The summed E-state index contributed by atoms with van der Waals surface area (Å²) in [7, 11) is 0. The number of hydrogen-bond donors (Lipinski definition) is 3. The topological polar surface area (TPSA) is 125 Å². The van der Waals surface area contributed by atoms with E-state index in [0.717, 1.165) is 42.4 Å². The van der Waals surface area contributed by atoms with Gasteiger partial charge in [-0.3, -0.25) is 9.89 Å². The van der Waals surface area contributed by atoms with Crippen molar-refractivity contribution in [2.24, 2.45) is 0 Å².